The maximum Gasteiger partial charge on any atom is 0.0556 e. The molecule has 0 unspecified atom stereocenters. The molecule has 0 aromatic heterocycles. The lowest BCUT2D eigenvalue weighted by Crippen LogP contribution is -1.99. The molecule has 0 aliphatic carbocycles. The average molecular weight is 183 g/mol. The molecular formula is C7H15ClOS. The van der Waals surface area contributed by atoms with E-state index in [1.54, 1.807) is 0 Å². The van der Waals surface area contributed by atoms with Crippen molar-refractivity contribution in [2.45, 2.75) is 13.3 Å². The van der Waals surface area contributed by atoms with E-state index in [0.717, 1.165) is 25.4 Å². The van der Waals surface area contributed by atoms with Crippen LogP contribution in [0, 0.1) is 0 Å². The van der Waals surface area contributed by atoms with Gasteiger partial charge in [-0.15, -0.1) is 11.6 Å². The first kappa shape index (κ1) is 10.6. The van der Waals surface area contributed by atoms with Gasteiger partial charge in [-0.1, -0.05) is 6.92 Å². The lowest BCUT2D eigenvalue weighted by atomic mass is 10.5. The molecule has 0 radical (unpaired) electrons. The van der Waals surface area contributed by atoms with Crippen molar-refractivity contribution >= 4 is 23.4 Å². The summed E-state index contributed by atoms with van der Waals surface area (Å²) in [6.07, 6.45) is 0.971. The smallest absolute Gasteiger partial charge is 0.0556 e. The number of alkyl halides is 1. The topological polar surface area (TPSA) is 9.23 Å². The van der Waals surface area contributed by atoms with E-state index in [2.05, 4.69) is 6.92 Å². The molecule has 3 heteroatoms. The van der Waals surface area contributed by atoms with Crippen molar-refractivity contribution in [1.29, 1.82) is 0 Å². The van der Waals surface area contributed by atoms with Crippen molar-refractivity contribution in [3.8, 4) is 0 Å². The van der Waals surface area contributed by atoms with Crippen molar-refractivity contribution < 1.29 is 4.74 Å². The molecule has 0 aliphatic rings. The minimum Gasteiger partial charge on any atom is -0.381 e. The Bertz CT molecular complexity index is 53.6. The van der Waals surface area contributed by atoms with Gasteiger partial charge in [-0.2, -0.15) is 11.8 Å². The Morgan fingerprint density at radius 3 is 2.80 bits per heavy atom. The molecule has 0 amide bonds. The quantitative estimate of drug-likeness (QED) is 0.442. The van der Waals surface area contributed by atoms with Crippen molar-refractivity contribution in [2.75, 3.05) is 30.6 Å². The van der Waals surface area contributed by atoms with Crippen LogP contribution < -0.4 is 0 Å². The van der Waals surface area contributed by atoms with Crippen LogP contribution in [0.5, 0.6) is 0 Å². The summed E-state index contributed by atoms with van der Waals surface area (Å²) in [5.41, 5.74) is 0. The monoisotopic (exact) mass is 182 g/mol. The molecule has 0 heterocycles. The van der Waals surface area contributed by atoms with Gasteiger partial charge in [0.05, 0.1) is 6.61 Å². The van der Waals surface area contributed by atoms with Gasteiger partial charge in [-0.3, -0.25) is 0 Å². The fraction of sp³-hybridized carbons (Fsp3) is 1.00. The summed E-state index contributed by atoms with van der Waals surface area (Å²) >= 11 is 7.36. The van der Waals surface area contributed by atoms with Gasteiger partial charge in [0.25, 0.3) is 0 Å². The second-order valence-electron chi connectivity index (χ2n) is 1.85. The van der Waals surface area contributed by atoms with Gasteiger partial charge in [0.1, 0.15) is 0 Å². The molecule has 62 valence electrons. The van der Waals surface area contributed by atoms with Crippen molar-refractivity contribution in [3.63, 3.8) is 0 Å². The van der Waals surface area contributed by atoms with Crippen LogP contribution in [0.15, 0.2) is 0 Å². The van der Waals surface area contributed by atoms with Crippen LogP contribution in [0.3, 0.4) is 0 Å². The molecule has 0 atom stereocenters. The molecule has 0 rings (SSSR count). The van der Waals surface area contributed by atoms with E-state index in [-0.39, 0.29) is 0 Å². The Balaban J connectivity index is 2.65. The molecular weight excluding hydrogens is 168 g/mol. The van der Waals surface area contributed by atoms with Gasteiger partial charge >= 0.3 is 0 Å². The van der Waals surface area contributed by atoms with Crippen LogP contribution in [0.2, 0.25) is 0 Å². The molecule has 0 spiro atoms. The summed E-state index contributed by atoms with van der Waals surface area (Å²) in [5, 5.41) is 0. The second-order valence-corrected chi connectivity index (χ2v) is 3.62. The average Bonchev–Trinajstić information content (AvgIpc) is 1.97. The highest BCUT2D eigenvalue weighted by Gasteiger charge is 1.87. The number of hydrogen-bond donors (Lipinski definition) is 0. The Hall–Kier alpha value is 0.600. The van der Waals surface area contributed by atoms with Crippen LogP contribution in [0.1, 0.15) is 13.3 Å². The van der Waals surface area contributed by atoms with Gasteiger partial charge in [0.2, 0.25) is 0 Å². The van der Waals surface area contributed by atoms with Crippen LogP contribution >= 0.6 is 23.4 Å². The van der Waals surface area contributed by atoms with E-state index >= 15 is 0 Å². The van der Waals surface area contributed by atoms with E-state index in [1.807, 2.05) is 11.8 Å². The zero-order valence-electron chi connectivity index (χ0n) is 6.44. The Kier molecular flexibility index (Phi) is 10.2. The largest absolute Gasteiger partial charge is 0.381 e. The predicted molar refractivity (Wildman–Crippen MR) is 49.2 cm³/mol. The predicted octanol–water partition coefficient (Wildman–Crippen LogP) is 2.39. The van der Waals surface area contributed by atoms with Crippen molar-refractivity contribution in [1.82, 2.24) is 0 Å². The fourth-order valence-electron chi connectivity index (χ4n) is 0.521. The third-order valence-corrected chi connectivity index (χ3v) is 2.13. The molecule has 0 saturated heterocycles. The third-order valence-electron chi connectivity index (χ3n) is 0.998. The third kappa shape index (κ3) is 8.60. The highest BCUT2D eigenvalue weighted by atomic mass is 35.5. The SMILES string of the molecule is CCSCCOCCCCl. The number of thioether (sulfide) groups is 1. The van der Waals surface area contributed by atoms with E-state index in [4.69, 9.17) is 16.3 Å². The van der Waals surface area contributed by atoms with Crippen LogP contribution in [-0.2, 0) is 4.74 Å². The Labute approximate surface area is 72.5 Å². The van der Waals surface area contributed by atoms with E-state index in [1.165, 1.54) is 5.75 Å². The molecule has 0 N–H and O–H groups in total. The summed E-state index contributed by atoms with van der Waals surface area (Å²) < 4.78 is 5.27. The molecule has 0 aromatic carbocycles. The Morgan fingerprint density at radius 1 is 1.40 bits per heavy atom. The lowest BCUT2D eigenvalue weighted by molar-refractivity contribution is 0.151. The van der Waals surface area contributed by atoms with Crippen LogP contribution in [0.25, 0.3) is 0 Å². The minimum atomic E-state index is 0.709. The van der Waals surface area contributed by atoms with Crippen LogP contribution in [0.4, 0.5) is 0 Å². The zero-order chi connectivity index (χ0) is 7.66. The molecule has 10 heavy (non-hydrogen) atoms. The highest BCUT2D eigenvalue weighted by Crippen LogP contribution is 1.97. The molecule has 0 aromatic rings. The number of halogens is 1. The maximum atomic E-state index is 5.46. The van der Waals surface area contributed by atoms with Crippen LogP contribution in [-0.4, -0.2) is 30.6 Å². The van der Waals surface area contributed by atoms with Gasteiger partial charge in [-0.25, -0.2) is 0 Å². The molecule has 0 bridgehead atoms. The summed E-state index contributed by atoms with van der Waals surface area (Å²) in [5.74, 6) is 3.00. The number of ether oxygens (including phenoxy) is 1. The maximum absolute atomic E-state index is 5.46. The summed E-state index contributed by atoms with van der Waals surface area (Å²) in [4.78, 5) is 0. The van der Waals surface area contributed by atoms with E-state index in [9.17, 15) is 0 Å². The Morgan fingerprint density at radius 2 is 2.20 bits per heavy atom. The molecule has 0 saturated carbocycles. The van der Waals surface area contributed by atoms with Gasteiger partial charge in [0.15, 0.2) is 0 Å². The number of hydrogen-bond acceptors (Lipinski definition) is 2. The number of rotatable bonds is 7. The minimum absolute atomic E-state index is 0.709. The first-order chi connectivity index (χ1) is 4.91. The van der Waals surface area contributed by atoms with E-state index < -0.39 is 0 Å². The highest BCUT2D eigenvalue weighted by molar-refractivity contribution is 7.99. The first-order valence-electron chi connectivity index (χ1n) is 3.63. The zero-order valence-corrected chi connectivity index (χ0v) is 8.01. The molecule has 0 aliphatic heterocycles. The summed E-state index contributed by atoms with van der Waals surface area (Å²) in [6.45, 7) is 3.84. The first-order valence-corrected chi connectivity index (χ1v) is 5.32. The lowest BCUT2D eigenvalue weighted by Gasteiger charge is -2.00. The van der Waals surface area contributed by atoms with Crippen molar-refractivity contribution in [2.24, 2.45) is 0 Å². The molecule has 0 fully saturated rings. The summed E-state index contributed by atoms with van der Waals surface area (Å²) in [6, 6.07) is 0. The van der Waals surface area contributed by atoms with Crippen molar-refractivity contribution in [3.05, 3.63) is 0 Å². The standard InChI is InChI=1S/C7H15ClOS/c1-2-10-7-6-9-5-3-4-8/h2-7H2,1H3. The summed E-state index contributed by atoms with van der Waals surface area (Å²) in [7, 11) is 0. The normalized spacial score (nSPS) is 10.2. The van der Waals surface area contributed by atoms with Gasteiger partial charge in [0, 0.05) is 18.2 Å². The van der Waals surface area contributed by atoms with Gasteiger partial charge in [-0.05, 0) is 12.2 Å². The second kappa shape index (κ2) is 9.60. The van der Waals surface area contributed by atoms with E-state index in [0.29, 0.717) is 5.88 Å². The fourth-order valence-corrected chi connectivity index (χ4v) is 1.15. The van der Waals surface area contributed by atoms with Gasteiger partial charge < -0.3 is 4.74 Å². The molecule has 1 nitrogen and oxygen atoms in total.